The third-order valence-electron chi connectivity index (χ3n) is 5.54. The molecule has 0 radical (unpaired) electrons. The number of ether oxygens (including phenoxy) is 1. The normalized spacial score (nSPS) is 18.8. The van der Waals surface area contributed by atoms with E-state index < -0.39 is 0 Å². The summed E-state index contributed by atoms with van der Waals surface area (Å²) in [4.78, 5) is 25.2. The van der Waals surface area contributed by atoms with Gasteiger partial charge in [-0.1, -0.05) is 19.3 Å². The fraction of sp³-hybridized carbons (Fsp3) is 0.600. The Balaban J connectivity index is 1.73. The highest BCUT2D eigenvalue weighted by molar-refractivity contribution is 6.04. The Morgan fingerprint density at radius 3 is 2.58 bits per heavy atom. The minimum atomic E-state index is -0.173. The first-order valence-corrected chi connectivity index (χ1v) is 9.54. The molecule has 0 aromatic heterocycles. The molecule has 4 N–H and O–H groups in total. The molecule has 26 heavy (non-hydrogen) atoms. The molecule has 0 spiro atoms. The molecule has 6 nitrogen and oxygen atoms in total. The summed E-state index contributed by atoms with van der Waals surface area (Å²) < 4.78 is 5.23. The van der Waals surface area contributed by atoms with Gasteiger partial charge in [0.05, 0.1) is 18.4 Å². The molecule has 3 rings (SSSR count). The van der Waals surface area contributed by atoms with Crippen molar-refractivity contribution in [3.63, 3.8) is 0 Å². The molecule has 2 aliphatic carbocycles. The highest BCUT2D eigenvalue weighted by atomic mass is 16.5. The quantitative estimate of drug-likeness (QED) is 0.698. The summed E-state index contributed by atoms with van der Waals surface area (Å²) >= 11 is 0. The SMILES string of the molecule is COc1ccc(NC(=O)CC2(CN)CCCCC2)c(C(=O)NC2CC2)c1. The first-order chi connectivity index (χ1) is 12.5. The predicted molar refractivity (Wildman–Crippen MR) is 101 cm³/mol. The lowest BCUT2D eigenvalue weighted by molar-refractivity contribution is -0.118. The minimum absolute atomic E-state index is 0.0806. The molecule has 0 bridgehead atoms. The molecule has 6 heteroatoms. The van der Waals surface area contributed by atoms with E-state index in [1.54, 1.807) is 25.3 Å². The molecular weight excluding hydrogens is 330 g/mol. The Hall–Kier alpha value is -2.08. The molecular formula is C20H29N3O3. The molecule has 1 aromatic carbocycles. The summed E-state index contributed by atoms with van der Waals surface area (Å²) in [7, 11) is 1.56. The Kier molecular flexibility index (Phi) is 5.81. The predicted octanol–water partition coefficient (Wildman–Crippen LogP) is 2.83. The molecule has 2 aliphatic rings. The topological polar surface area (TPSA) is 93.4 Å². The van der Waals surface area contributed by atoms with E-state index in [2.05, 4.69) is 10.6 Å². The van der Waals surface area contributed by atoms with Crippen LogP contribution in [0.25, 0.3) is 0 Å². The zero-order valence-electron chi connectivity index (χ0n) is 15.5. The molecule has 2 amide bonds. The maximum Gasteiger partial charge on any atom is 0.253 e. The van der Waals surface area contributed by atoms with Gasteiger partial charge >= 0.3 is 0 Å². The number of nitrogens with two attached hydrogens (primary N) is 1. The molecule has 0 saturated heterocycles. The van der Waals surface area contributed by atoms with Crippen LogP contribution >= 0.6 is 0 Å². The van der Waals surface area contributed by atoms with Gasteiger partial charge in [0.2, 0.25) is 5.91 Å². The second kappa shape index (κ2) is 8.08. The van der Waals surface area contributed by atoms with Crippen molar-refractivity contribution in [3.8, 4) is 5.75 Å². The number of carbonyl (C=O) groups is 2. The van der Waals surface area contributed by atoms with Crippen LogP contribution in [0.15, 0.2) is 18.2 Å². The molecule has 0 heterocycles. The first-order valence-electron chi connectivity index (χ1n) is 9.54. The van der Waals surface area contributed by atoms with E-state index in [-0.39, 0.29) is 23.3 Å². The van der Waals surface area contributed by atoms with Crippen LogP contribution in [0.4, 0.5) is 5.69 Å². The summed E-state index contributed by atoms with van der Waals surface area (Å²) in [6, 6.07) is 5.41. The number of amides is 2. The second-order valence-electron chi connectivity index (χ2n) is 7.65. The van der Waals surface area contributed by atoms with E-state index in [0.717, 1.165) is 38.5 Å². The fourth-order valence-corrected chi connectivity index (χ4v) is 3.73. The van der Waals surface area contributed by atoms with Gasteiger partial charge in [-0.2, -0.15) is 0 Å². The van der Waals surface area contributed by atoms with Crippen molar-refractivity contribution in [2.24, 2.45) is 11.1 Å². The Morgan fingerprint density at radius 2 is 1.96 bits per heavy atom. The van der Waals surface area contributed by atoms with Crippen molar-refractivity contribution in [2.75, 3.05) is 19.0 Å². The van der Waals surface area contributed by atoms with Crippen LogP contribution < -0.4 is 21.1 Å². The Bertz CT molecular complexity index is 664. The lowest BCUT2D eigenvalue weighted by Crippen LogP contribution is -2.36. The third-order valence-corrected chi connectivity index (χ3v) is 5.54. The van der Waals surface area contributed by atoms with Crippen molar-refractivity contribution >= 4 is 17.5 Å². The van der Waals surface area contributed by atoms with Crippen LogP contribution in [0.3, 0.4) is 0 Å². The number of benzene rings is 1. The van der Waals surface area contributed by atoms with Gasteiger partial charge in [0.25, 0.3) is 5.91 Å². The molecule has 0 unspecified atom stereocenters. The highest BCUT2D eigenvalue weighted by Crippen LogP contribution is 2.38. The number of hydrogen-bond donors (Lipinski definition) is 3. The minimum Gasteiger partial charge on any atom is -0.497 e. The summed E-state index contributed by atoms with van der Waals surface area (Å²) in [5, 5.41) is 5.90. The first kappa shape index (κ1) is 18.7. The van der Waals surface area contributed by atoms with Crippen LogP contribution in [-0.2, 0) is 4.79 Å². The number of nitrogens with one attached hydrogen (secondary N) is 2. The molecule has 1 aromatic rings. The highest BCUT2D eigenvalue weighted by Gasteiger charge is 2.33. The van der Waals surface area contributed by atoms with Crippen LogP contribution in [-0.4, -0.2) is 31.5 Å². The van der Waals surface area contributed by atoms with Crippen LogP contribution in [0.1, 0.15) is 61.7 Å². The maximum atomic E-state index is 12.7. The number of hydrogen-bond acceptors (Lipinski definition) is 4. The van der Waals surface area contributed by atoms with Gasteiger partial charge in [-0.3, -0.25) is 9.59 Å². The van der Waals surface area contributed by atoms with Gasteiger partial charge in [0.1, 0.15) is 5.75 Å². The number of rotatable bonds is 7. The summed E-state index contributed by atoms with van der Waals surface area (Å²) in [5.74, 6) is 0.338. The Morgan fingerprint density at radius 1 is 1.23 bits per heavy atom. The monoisotopic (exact) mass is 359 g/mol. The van der Waals surface area contributed by atoms with Crippen molar-refractivity contribution < 1.29 is 14.3 Å². The van der Waals surface area contributed by atoms with E-state index in [1.807, 2.05) is 0 Å². The average Bonchev–Trinajstić information content (AvgIpc) is 3.46. The average molecular weight is 359 g/mol. The van der Waals surface area contributed by atoms with Crippen molar-refractivity contribution in [1.29, 1.82) is 0 Å². The van der Waals surface area contributed by atoms with Gasteiger partial charge in [-0.05, 0) is 55.8 Å². The fourth-order valence-electron chi connectivity index (χ4n) is 3.73. The Labute approximate surface area is 154 Å². The van der Waals surface area contributed by atoms with Gasteiger partial charge in [0, 0.05) is 12.5 Å². The summed E-state index contributed by atoms with van der Waals surface area (Å²) in [6.45, 7) is 0.526. The van der Waals surface area contributed by atoms with E-state index in [4.69, 9.17) is 10.5 Å². The van der Waals surface area contributed by atoms with E-state index in [1.165, 1.54) is 6.42 Å². The maximum absolute atomic E-state index is 12.7. The van der Waals surface area contributed by atoms with Crippen LogP contribution in [0, 0.1) is 5.41 Å². The lowest BCUT2D eigenvalue weighted by atomic mass is 9.71. The van der Waals surface area contributed by atoms with Gasteiger partial charge < -0.3 is 21.1 Å². The molecule has 142 valence electrons. The van der Waals surface area contributed by atoms with Gasteiger partial charge in [-0.25, -0.2) is 0 Å². The summed E-state index contributed by atoms with van der Waals surface area (Å²) in [5.41, 5.74) is 6.86. The molecule has 0 atom stereocenters. The second-order valence-corrected chi connectivity index (χ2v) is 7.65. The van der Waals surface area contributed by atoms with Crippen LogP contribution in [0.2, 0.25) is 0 Å². The molecule has 2 fully saturated rings. The third kappa shape index (κ3) is 4.55. The van der Waals surface area contributed by atoms with Crippen molar-refractivity contribution in [1.82, 2.24) is 5.32 Å². The smallest absolute Gasteiger partial charge is 0.253 e. The molecule has 2 saturated carbocycles. The number of anilines is 1. The summed E-state index contributed by atoms with van der Waals surface area (Å²) in [6.07, 6.45) is 7.88. The lowest BCUT2D eigenvalue weighted by Gasteiger charge is -2.35. The number of methoxy groups -OCH3 is 1. The largest absolute Gasteiger partial charge is 0.497 e. The van der Waals surface area contributed by atoms with Gasteiger partial charge in [-0.15, -0.1) is 0 Å². The standard InChI is InChI=1S/C20H29N3O3/c1-26-15-7-8-17(16(11-15)19(25)22-14-5-6-14)23-18(24)12-20(13-21)9-3-2-4-10-20/h7-8,11,14H,2-6,9-10,12-13,21H2,1H3,(H,22,25)(H,23,24). The van der Waals surface area contributed by atoms with Crippen molar-refractivity contribution in [2.45, 2.75) is 57.4 Å². The molecule has 0 aliphatic heterocycles. The van der Waals surface area contributed by atoms with E-state index in [0.29, 0.717) is 30.0 Å². The number of carbonyl (C=O) groups excluding carboxylic acids is 2. The zero-order chi connectivity index (χ0) is 18.6. The van der Waals surface area contributed by atoms with E-state index in [9.17, 15) is 9.59 Å². The van der Waals surface area contributed by atoms with E-state index >= 15 is 0 Å². The van der Waals surface area contributed by atoms with Gasteiger partial charge in [0.15, 0.2) is 0 Å². The van der Waals surface area contributed by atoms with Crippen molar-refractivity contribution in [3.05, 3.63) is 23.8 Å². The zero-order valence-corrected chi connectivity index (χ0v) is 15.5. The van der Waals surface area contributed by atoms with Crippen LogP contribution in [0.5, 0.6) is 5.75 Å².